The van der Waals surface area contributed by atoms with Crippen LogP contribution < -0.4 is 15.4 Å². The van der Waals surface area contributed by atoms with Crippen LogP contribution in [0.1, 0.15) is 38.7 Å². The first-order valence-electron chi connectivity index (χ1n) is 7.84. The van der Waals surface area contributed by atoms with Crippen LogP contribution in [-0.2, 0) is 0 Å². The van der Waals surface area contributed by atoms with E-state index in [1.165, 1.54) is 11.3 Å². The molecule has 1 saturated heterocycles. The molecule has 1 fully saturated rings. The van der Waals surface area contributed by atoms with Crippen LogP contribution >= 0.6 is 0 Å². The Balaban J connectivity index is 1.98. The van der Waals surface area contributed by atoms with Gasteiger partial charge in [-0.2, -0.15) is 0 Å². The second-order valence-electron chi connectivity index (χ2n) is 6.10. The quantitative estimate of drug-likeness (QED) is 0.896. The monoisotopic (exact) mass is 276 g/mol. The summed E-state index contributed by atoms with van der Waals surface area (Å²) < 4.78 is 5.86. The van der Waals surface area contributed by atoms with Gasteiger partial charge < -0.3 is 15.4 Å². The van der Waals surface area contributed by atoms with Crippen LogP contribution in [0.5, 0.6) is 5.75 Å². The fourth-order valence-corrected chi connectivity index (χ4v) is 2.57. The Hall–Kier alpha value is -1.22. The molecule has 2 rings (SSSR count). The summed E-state index contributed by atoms with van der Waals surface area (Å²) in [5, 5.41) is 0. The summed E-state index contributed by atoms with van der Waals surface area (Å²) in [6.07, 6.45) is 3.34. The van der Waals surface area contributed by atoms with Crippen LogP contribution in [0.2, 0.25) is 0 Å². The van der Waals surface area contributed by atoms with Gasteiger partial charge in [-0.25, -0.2) is 0 Å². The molecule has 0 aromatic heterocycles. The standard InChI is InChI=1S/C17H28N2O/c1-4-13(2)12-20-16-5-6-17(14(3)11-16)19-9-7-15(18)8-10-19/h5-6,11,13,15H,4,7-10,12,18H2,1-3H3. The van der Waals surface area contributed by atoms with Crippen LogP contribution in [0.15, 0.2) is 18.2 Å². The van der Waals surface area contributed by atoms with Crippen molar-refractivity contribution in [2.75, 3.05) is 24.6 Å². The van der Waals surface area contributed by atoms with E-state index in [4.69, 9.17) is 10.5 Å². The first kappa shape index (κ1) is 15.2. The number of ether oxygens (including phenoxy) is 1. The van der Waals surface area contributed by atoms with Crippen molar-refractivity contribution >= 4 is 5.69 Å². The fourth-order valence-electron chi connectivity index (χ4n) is 2.57. The number of nitrogens with two attached hydrogens (primary N) is 1. The van der Waals surface area contributed by atoms with Crippen molar-refractivity contribution in [3.8, 4) is 5.75 Å². The molecule has 0 bridgehead atoms. The van der Waals surface area contributed by atoms with Gasteiger partial charge in [-0.15, -0.1) is 0 Å². The zero-order valence-corrected chi connectivity index (χ0v) is 13.1. The molecular weight excluding hydrogens is 248 g/mol. The number of benzene rings is 1. The van der Waals surface area contributed by atoms with Gasteiger partial charge in [-0.3, -0.25) is 0 Å². The molecule has 1 aliphatic rings. The van der Waals surface area contributed by atoms with E-state index in [1.54, 1.807) is 0 Å². The predicted octanol–water partition coefficient (Wildman–Crippen LogP) is 3.35. The molecule has 1 heterocycles. The molecule has 0 aliphatic carbocycles. The smallest absolute Gasteiger partial charge is 0.119 e. The molecule has 1 atom stereocenters. The number of piperidine rings is 1. The zero-order chi connectivity index (χ0) is 14.5. The summed E-state index contributed by atoms with van der Waals surface area (Å²) in [5.74, 6) is 1.60. The van der Waals surface area contributed by atoms with Crippen LogP contribution in [0.3, 0.4) is 0 Å². The Morgan fingerprint density at radius 3 is 2.65 bits per heavy atom. The van der Waals surface area contributed by atoms with Gasteiger partial charge >= 0.3 is 0 Å². The minimum absolute atomic E-state index is 0.379. The van der Waals surface area contributed by atoms with E-state index in [1.807, 2.05) is 0 Å². The van der Waals surface area contributed by atoms with E-state index in [9.17, 15) is 0 Å². The first-order valence-corrected chi connectivity index (χ1v) is 7.84. The van der Waals surface area contributed by atoms with Crippen molar-refractivity contribution in [1.82, 2.24) is 0 Å². The number of hydrogen-bond acceptors (Lipinski definition) is 3. The highest BCUT2D eigenvalue weighted by molar-refractivity contribution is 5.56. The Kier molecular flexibility index (Phi) is 5.30. The van der Waals surface area contributed by atoms with Crippen molar-refractivity contribution in [3.63, 3.8) is 0 Å². The van der Waals surface area contributed by atoms with E-state index in [-0.39, 0.29) is 0 Å². The summed E-state index contributed by atoms with van der Waals surface area (Å²) >= 11 is 0. The second-order valence-corrected chi connectivity index (χ2v) is 6.10. The molecule has 0 saturated carbocycles. The van der Waals surface area contributed by atoms with Crippen molar-refractivity contribution in [1.29, 1.82) is 0 Å². The van der Waals surface area contributed by atoms with Gasteiger partial charge in [0.1, 0.15) is 5.75 Å². The third kappa shape index (κ3) is 3.89. The van der Waals surface area contributed by atoms with Crippen LogP contribution in [0, 0.1) is 12.8 Å². The topological polar surface area (TPSA) is 38.5 Å². The molecule has 1 unspecified atom stereocenters. The Labute approximate surface area is 123 Å². The van der Waals surface area contributed by atoms with Gasteiger partial charge in [0.15, 0.2) is 0 Å². The Morgan fingerprint density at radius 2 is 2.05 bits per heavy atom. The lowest BCUT2D eigenvalue weighted by atomic mass is 10.0. The van der Waals surface area contributed by atoms with E-state index >= 15 is 0 Å². The molecule has 0 radical (unpaired) electrons. The van der Waals surface area contributed by atoms with E-state index in [2.05, 4.69) is 43.9 Å². The maximum atomic E-state index is 5.97. The number of rotatable bonds is 5. The van der Waals surface area contributed by atoms with Gasteiger partial charge in [-0.1, -0.05) is 20.3 Å². The molecule has 3 heteroatoms. The van der Waals surface area contributed by atoms with Crippen LogP contribution in [0.25, 0.3) is 0 Å². The number of hydrogen-bond donors (Lipinski definition) is 1. The van der Waals surface area contributed by atoms with Gasteiger partial charge in [0.25, 0.3) is 0 Å². The second kappa shape index (κ2) is 6.98. The molecule has 1 aromatic carbocycles. The van der Waals surface area contributed by atoms with Crippen LogP contribution in [-0.4, -0.2) is 25.7 Å². The fraction of sp³-hybridized carbons (Fsp3) is 0.647. The summed E-state index contributed by atoms with van der Waals surface area (Å²) in [7, 11) is 0. The number of anilines is 1. The highest BCUT2D eigenvalue weighted by Crippen LogP contribution is 2.27. The van der Waals surface area contributed by atoms with Gasteiger partial charge in [0.05, 0.1) is 6.61 Å². The number of nitrogens with zero attached hydrogens (tertiary/aromatic N) is 1. The summed E-state index contributed by atoms with van der Waals surface area (Å²) in [6.45, 7) is 9.51. The molecule has 1 aliphatic heterocycles. The van der Waals surface area contributed by atoms with E-state index in [0.29, 0.717) is 12.0 Å². The highest BCUT2D eigenvalue weighted by atomic mass is 16.5. The van der Waals surface area contributed by atoms with Gasteiger partial charge in [-0.05, 0) is 49.4 Å². The van der Waals surface area contributed by atoms with E-state index < -0.39 is 0 Å². The third-order valence-corrected chi connectivity index (χ3v) is 4.28. The lowest BCUT2D eigenvalue weighted by molar-refractivity contribution is 0.256. The molecular formula is C17H28N2O. The molecule has 3 nitrogen and oxygen atoms in total. The molecule has 0 amide bonds. The first-order chi connectivity index (χ1) is 9.60. The minimum atomic E-state index is 0.379. The molecule has 20 heavy (non-hydrogen) atoms. The minimum Gasteiger partial charge on any atom is -0.493 e. The van der Waals surface area contributed by atoms with Crippen molar-refractivity contribution in [2.24, 2.45) is 11.7 Å². The van der Waals surface area contributed by atoms with Crippen molar-refractivity contribution in [3.05, 3.63) is 23.8 Å². The third-order valence-electron chi connectivity index (χ3n) is 4.28. The highest BCUT2D eigenvalue weighted by Gasteiger charge is 2.17. The zero-order valence-electron chi connectivity index (χ0n) is 13.1. The van der Waals surface area contributed by atoms with E-state index in [0.717, 1.165) is 44.7 Å². The lowest BCUT2D eigenvalue weighted by Gasteiger charge is -2.33. The molecule has 0 spiro atoms. The summed E-state index contributed by atoms with van der Waals surface area (Å²) in [5.41, 5.74) is 8.59. The SMILES string of the molecule is CCC(C)COc1ccc(N2CCC(N)CC2)c(C)c1. The largest absolute Gasteiger partial charge is 0.493 e. The number of aryl methyl sites for hydroxylation is 1. The molecule has 112 valence electrons. The normalized spacial score (nSPS) is 18.1. The van der Waals surface area contributed by atoms with Crippen molar-refractivity contribution in [2.45, 2.75) is 46.1 Å². The van der Waals surface area contributed by atoms with Gasteiger partial charge in [0, 0.05) is 24.8 Å². The van der Waals surface area contributed by atoms with Crippen molar-refractivity contribution < 1.29 is 4.74 Å². The predicted molar refractivity (Wildman–Crippen MR) is 85.6 cm³/mol. The Bertz CT molecular complexity index is 425. The Morgan fingerprint density at radius 1 is 1.35 bits per heavy atom. The average molecular weight is 276 g/mol. The maximum absolute atomic E-state index is 5.97. The summed E-state index contributed by atoms with van der Waals surface area (Å²) in [6, 6.07) is 6.83. The summed E-state index contributed by atoms with van der Waals surface area (Å²) in [4.78, 5) is 2.44. The lowest BCUT2D eigenvalue weighted by Crippen LogP contribution is -2.39. The van der Waals surface area contributed by atoms with Gasteiger partial charge in [0.2, 0.25) is 0 Å². The maximum Gasteiger partial charge on any atom is 0.119 e. The molecule has 1 aromatic rings. The molecule has 2 N–H and O–H groups in total. The van der Waals surface area contributed by atoms with Crippen LogP contribution in [0.4, 0.5) is 5.69 Å². The average Bonchev–Trinajstić information content (AvgIpc) is 2.46.